The lowest BCUT2D eigenvalue weighted by molar-refractivity contribution is -0.138. The quantitative estimate of drug-likeness (QED) is 0.626. The maximum absolute atomic E-state index is 13.4. The van der Waals surface area contributed by atoms with Crippen molar-refractivity contribution in [2.24, 2.45) is 10.9 Å². The van der Waals surface area contributed by atoms with Crippen molar-refractivity contribution in [1.29, 1.82) is 0 Å². The van der Waals surface area contributed by atoms with E-state index in [1.54, 1.807) is 17.0 Å². The van der Waals surface area contributed by atoms with Crippen molar-refractivity contribution < 1.29 is 22.8 Å². The molecule has 0 atom stereocenters. The zero-order valence-electron chi connectivity index (χ0n) is 19.8. The van der Waals surface area contributed by atoms with E-state index in [1.165, 1.54) is 6.07 Å². The lowest BCUT2D eigenvalue weighted by Gasteiger charge is -2.33. The minimum atomic E-state index is -4.39. The molecule has 0 aliphatic carbocycles. The van der Waals surface area contributed by atoms with Crippen LogP contribution in [0, 0.1) is 5.92 Å². The van der Waals surface area contributed by atoms with E-state index in [0.29, 0.717) is 63.3 Å². The van der Waals surface area contributed by atoms with Crippen LogP contribution in [0.5, 0.6) is 0 Å². The summed E-state index contributed by atoms with van der Waals surface area (Å²) < 4.78 is 40.3. The molecule has 0 radical (unpaired) electrons. The molecule has 0 saturated carbocycles. The summed E-state index contributed by atoms with van der Waals surface area (Å²) in [5, 5.41) is 0. The highest BCUT2D eigenvalue weighted by atomic mass is 19.4. The average molecular weight is 476 g/mol. The molecule has 5 nitrogen and oxygen atoms in total. The van der Waals surface area contributed by atoms with Crippen LogP contribution in [0.4, 0.5) is 13.2 Å². The zero-order valence-corrected chi connectivity index (χ0v) is 19.8. The number of carbonyl (C=O) groups excluding carboxylic acids is 2. The second-order valence-electron chi connectivity index (χ2n) is 9.92. The zero-order chi connectivity index (χ0) is 24.5. The van der Waals surface area contributed by atoms with E-state index < -0.39 is 11.7 Å². The molecule has 0 N–H and O–H groups in total. The van der Waals surface area contributed by atoms with Crippen molar-refractivity contribution in [1.82, 2.24) is 9.80 Å². The summed E-state index contributed by atoms with van der Waals surface area (Å²) in [6.07, 6.45) is -1.24. The van der Waals surface area contributed by atoms with Gasteiger partial charge in [-0.1, -0.05) is 32.0 Å². The molecule has 184 valence electrons. The first-order valence-corrected chi connectivity index (χ1v) is 12.1. The fourth-order valence-electron chi connectivity index (χ4n) is 5.25. The van der Waals surface area contributed by atoms with Gasteiger partial charge < -0.3 is 9.80 Å². The van der Waals surface area contributed by atoms with Crippen LogP contribution in [0.1, 0.15) is 63.0 Å². The van der Waals surface area contributed by atoms with Crippen molar-refractivity contribution in [2.45, 2.75) is 58.0 Å². The summed E-state index contributed by atoms with van der Waals surface area (Å²) in [7, 11) is 0. The maximum Gasteiger partial charge on any atom is 0.416 e. The van der Waals surface area contributed by atoms with Gasteiger partial charge >= 0.3 is 6.18 Å². The molecule has 34 heavy (non-hydrogen) atoms. The third kappa shape index (κ3) is 5.20. The van der Waals surface area contributed by atoms with Crippen molar-refractivity contribution in [2.75, 3.05) is 32.7 Å². The Morgan fingerprint density at radius 2 is 1.79 bits per heavy atom. The summed E-state index contributed by atoms with van der Waals surface area (Å²) in [5.74, 6) is -0.0205. The maximum atomic E-state index is 13.4. The summed E-state index contributed by atoms with van der Waals surface area (Å²) in [6.45, 7) is 6.43. The van der Waals surface area contributed by atoms with Gasteiger partial charge in [0.1, 0.15) is 5.71 Å². The Kier molecular flexibility index (Phi) is 7.14. The fourth-order valence-corrected chi connectivity index (χ4v) is 5.25. The van der Waals surface area contributed by atoms with Gasteiger partial charge in [0.25, 0.3) is 5.91 Å². The van der Waals surface area contributed by atoms with Gasteiger partial charge in [-0.15, -0.1) is 0 Å². The third-order valence-electron chi connectivity index (χ3n) is 7.02. The average Bonchev–Trinajstić information content (AvgIpc) is 3.07. The number of piperidine rings is 1. The first-order valence-electron chi connectivity index (χ1n) is 12.1. The van der Waals surface area contributed by atoms with E-state index in [-0.39, 0.29) is 23.7 Å². The van der Waals surface area contributed by atoms with Crippen LogP contribution in [-0.4, -0.2) is 60.0 Å². The second-order valence-corrected chi connectivity index (χ2v) is 9.92. The highest BCUT2D eigenvalue weighted by Gasteiger charge is 2.37. The van der Waals surface area contributed by atoms with Crippen LogP contribution < -0.4 is 0 Å². The standard InChI is InChI=1S/C26H32F3N3O2/c1-17(2)14-23(33)32-11-5-6-19-15-30-24(21(19)16-32)25(34)31-12-9-18(10-13-31)20-7-3-4-8-22(20)26(27,28)29/h3-4,7-8,17-18H,5-6,9-16H2,1-2H3. The molecule has 2 amide bonds. The van der Waals surface area contributed by atoms with Gasteiger partial charge in [-0.05, 0) is 54.7 Å². The van der Waals surface area contributed by atoms with Gasteiger partial charge in [-0.25, -0.2) is 0 Å². The molecule has 1 saturated heterocycles. The molecule has 3 aliphatic heterocycles. The highest BCUT2D eigenvalue weighted by Crippen LogP contribution is 2.39. The summed E-state index contributed by atoms with van der Waals surface area (Å²) in [6, 6.07) is 5.74. The molecule has 0 aromatic heterocycles. The number of aliphatic imine (C=N–C) groups is 1. The molecule has 4 rings (SSSR count). The molecule has 1 fully saturated rings. The monoisotopic (exact) mass is 475 g/mol. The number of nitrogens with zero attached hydrogens (tertiary/aromatic N) is 3. The Hall–Kier alpha value is -2.64. The molecular formula is C26H32F3N3O2. The normalized spacial score (nSPS) is 19.9. The first kappa shape index (κ1) is 24.5. The lowest BCUT2D eigenvalue weighted by atomic mass is 9.86. The molecule has 0 unspecified atom stereocenters. The predicted molar refractivity (Wildman–Crippen MR) is 125 cm³/mol. The predicted octanol–water partition coefficient (Wildman–Crippen LogP) is 4.83. The van der Waals surface area contributed by atoms with Crippen molar-refractivity contribution in [3.05, 3.63) is 46.5 Å². The van der Waals surface area contributed by atoms with Gasteiger partial charge in [-0.2, -0.15) is 13.2 Å². The Bertz CT molecular complexity index is 1000. The molecule has 1 aromatic rings. The van der Waals surface area contributed by atoms with Crippen molar-refractivity contribution in [3.63, 3.8) is 0 Å². The molecule has 0 bridgehead atoms. The van der Waals surface area contributed by atoms with Gasteiger partial charge in [0.15, 0.2) is 0 Å². The number of hydrogen-bond acceptors (Lipinski definition) is 3. The van der Waals surface area contributed by atoms with Crippen LogP contribution in [-0.2, 0) is 15.8 Å². The molecule has 1 aromatic carbocycles. The van der Waals surface area contributed by atoms with E-state index in [1.807, 2.05) is 18.7 Å². The van der Waals surface area contributed by atoms with Gasteiger partial charge in [0.05, 0.1) is 12.1 Å². The largest absolute Gasteiger partial charge is 0.416 e. The lowest BCUT2D eigenvalue weighted by Crippen LogP contribution is -2.43. The van der Waals surface area contributed by atoms with E-state index >= 15 is 0 Å². The number of carbonyl (C=O) groups is 2. The van der Waals surface area contributed by atoms with Gasteiger partial charge in [0.2, 0.25) is 5.91 Å². The topological polar surface area (TPSA) is 53.0 Å². The minimum absolute atomic E-state index is 0.103. The van der Waals surface area contributed by atoms with E-state index in [4.69, 9.17) is 0 Å². The molecule has 3 aliphatic rings. The smallest absolute Gasteiger partial charge is 0.338 e. The van der Waals surface area contributed by atoms with Crippen LogP contribution in [0.15, 0.2) is 40.4 Å². The Morgan fingerprint density at radius 1 is 1.09 bits per heavy atom. The number of halogens is 3. The summed E-state index contributed by atoms with van der Waals surface area (Å²) in [4.78, 5) is 34.2. The van der Waals surface area contributed by atoms with Gasteiger partial charge in [0, 0.05) is 38.2 Å². The fraction of sp³-hybridized carbons (Fsp3) is 0.577. The number of hydrogen-bond donors (Lipinski definition) is 0. The minimum Gasteiger partial charge on any atom is -0.338 e. The van der Waals surface area contributed by atoms with Crippen LogP contribution >= 0.6 is 0 Å². The number of benzene rings is 1. The van der Waals surface area contributed by atoms with Gasteiger partial charge in [-0.3, -0.25) is 14.6 Å². The SMILES string of the molecule is CC(C)CC(=O)N1CCCC2=C(C1)C(C(=O)N1CCC(c3ccccc3C(F)(F)F)CC1)=NC2. The summed E-state index contributed by atoms with van der Waals surface area (Å²) in [5.41, 5.74) is 2.18. The van der Waals surface area contributed by atoms with Crippen LogP contribution in [0.3, 0.4) is 0 Å². The Balaban J connectivity index is 1.43. The third-order valence-corrected chi connectivity index (χ3v) is 7.02. The number of amides is 2. The molecule has 0 spiro atoms. The summed E-state index contributed by atoms with van der Waals surface area (Å²) >= 11 is 0. The second kappa shape index (κ2) is 9.92. The van der Waals surface area contributed by atoms with Crippen LogP contribution in [0.2, 0.25) is 0 Å². The Morgan fingerprint density at radius 3 is 2.47 bits per heavy atom. The van der Waals surface area contributed by atoms with Crippen LogP contribution in [0.25, 0.3) is 0 Å². The Labute approximate surface area is 198 Å². The van der Waals surface area contributed by atoms with Crippen molar-refractivity contribution >= 4 is 17.5 Å². The number of alkyl halides is 3. The highest BCUT2D eigenvalue weighted by molar-refractivity contribution is 6.46. The molecule has 3 heterocycles. The number of likely N-dealkylation sites (tertiary alicyclic amines) is 1. The molecular weight excluding hydrogens is 443 g/mol. The van der Waals surface area contributed by atoms with E-state index in [9.17, 15) is 22.8 Å². The van der Waals surface area contributed by atoms with E-state index in [2.05, 4.69) is 4.99 Å². The van der Waals surface area contributed by atoms with Crippen molar-refractivity contribution in [3.8, 4) is 0 Å². The van der Waals surface area contributed by atoms with E-state index in [0.717, 1.165) is 30.1 Å². The molecule has 8 heteroatoms. The number of rotatable bonds is 4. The first-order chi connectivity index (χ1) is 16.1.